The lowest BCUT2D eigenvalue weighted by Crippen LogP contribution is -2.55. The number of hydrogen-bond donors (Lipinski definition) is 0. The molecule has 0 aromatic heterocycles. The maximum atomic E-state index is 6.17. The number of alkyl halides is 1. The highest BCUT2D eigenvalue weighted by Crippen LogP contribution is 2.51. The molecule has 1 saturated carbocycles. The first-order valence-electron chi connectivity index (χ1n) is 5.67. The first-order chi connectivity index (χ1) is 6.35. The normalized spacial score (nSPS) is 38.1. The van der Waals surface area contributed by atoms with Crippen LogP contribution in [0.1, 0.15) is 53.9 Å². The van der Waals surface area contributed by atoms with E-state index in [1.54, 1.807) is 0 Å². The van der Waals surface area contributed by atoms with Crippen LogP contribution < -0.4 is 0 Å². The van der Waals surface area contributed by atoms with E-state index in [1.807, 2.05) is 0 Å². The second-order valence-corrected chi connectivity index (χ2v) is 6.39. The minimum absolute atomic E-state index is 0.0359. The highest BCUT2D eigenvalue weighted by Gasteiger charge is 2.51. The van der Waals surface area contributed by atoms with Crippen LogP contribution in [0.5, 0.6) is 0 Å². The Bertz CT molecular complexity index is 202. The SMILES string of the molecule is CCC(C)(C)OC1CC(Br)C1(C)CC. The van der Waals surface area contributed by atoms with Crippen molar-refractivity contribution in [1.29, 1.82) is 0 Å². The number of hydrogen-bond acceptors (Lipinski definition) is 1. The fourth-order valence-electron chi connectivity index (χ4n) is 1.87. The standard InChI is InChI=1S/C12H23BrO/c1-6-11(3,4)14-10-8-9(13)12(10,5)7-2/h9-10H,6-8H2,1-5H3. The molecule has 0 aliphatic heterocycles. The van der Waals surface area contributed by atoms with Gasteiger partial charge in [0.1, 0.15) is 0 Å². The van der Waals surface area contributed by atoms with Gasteiger partial charge in [0.2, 0.25) is 0 Å². The highest BCUT2D eigenvalue weighted by atomic mass is 79.9. The highest BCUT2D eigenvalue weighted by molar-refractivity contribution is 9.09. The molecule has 0 aromatic rings. The summed E-state index contributed by atoms with van der Waals surface area (Å²) >= 11 is 3.73. The Labute approximate surface area is 96.7 Å². The van der Waals surface area contributed by atoms with Gasteiger partial charge in [-0.05, 0) is 33.1 Å². The van der Waals surface area contributed by atoms with E-state index in [4.69, 9.17) is 4.74 Å². The van der Waals surface area contributed by atoms with Gasteiger partial charge in [-0.15, -0.1) is 0 Å². The van der Waals surface area contributed by atoms with Crippen molar-refractivity contribution in [1.82, 2.24) is 0 Å². The average molecular weight is 263 g/mol. The Morgan fingerprint density at radius 1 is 1.43 bits per heavy atom. The Kier molecular flexibility index (Phi) is 3.69. The van der Waals surface area contributed by atoms with E-state index in [9.17, 15) is 0 Å². The molecule has 0 N–H and O–H groups in total. The van der Waals surface area contributed by atoms with Crippen LogP contribution in [0.15, 0.2) is 0 Å². The largest absolute Gasteiger partial charge is 0.372 e. The molecule has 0 aromatic carbocycles. The van der Waals surface area contributed by atoms with E-state index in [-0.39, 0.29) is 5.60 Å². The molecule has 2 heteroatoms. The summed E-state index contributed by atoms with van der Waals surface area (Å²) < 4.78 is 6.17. The maximum absolute atomic E-state index is 6.17. The van der Waals surface area contributed by atoms with Gasteiger partial charge in [0.25, 0.3) is 0 Å². The monoisotopic (exact) mass is 262 g/mol. The number of halogens is 1. The smallest absolute Gasteiger partial charge is 0.0657 e. The van der Waals surface area contributed by atoms with Crippen molar-refractivity contribution in [3.8, 4) is 0 Å². The third kappa shape index (κ3) is 2.16. The van der Waals surface area contributed by atoms with Crippen LogP contribution in [0.25, 0.3) is 0 Å². The summed E-state index contributed by atoms with van der Waals surface area (Å²) in [5.74, 6) is 0. The second kappa shape index (κ2) is 4.13. The van der Waals surface area contributed by atoms with E-state index in [2.05, 4.69) is 50.5 Å². The van der Waals surface area contributed by atoms with Crippen LogP contribution >= 0.6 is 15.9 Å². The van der Waals surface area contributed by atoms with Crippen molar-refractivity contribution < 1.29 is 4.74 Å². The molecule has 14 heavy (non-hydrogen) atoms. The lowest BCUT2D eigenvalue weighted by molar-refractivity contribution is -0.166. The molecule has 1 nitrogen and oxygen atoms in total. The van der Waals surface area contributed by atoms with E-state index in [1.165, 1.54) is 6.42 Å². The molecule has 1 aliphatic carbocycles. The van der Waals surface area contributed by atoms with E-state index >= 15 is 0 Å². The van der Waals surface area contributed by atoms with Gasteiger partial charge in [-0.25, -0.2) is 0 Å². The molecule has 0 spiro atoms. The van der Waals surface area contributed by atoms with E-state index in [0.29, 0.717) is 16.3 Å². The van der Waals surface area contributed by atoms with E-state index in [0.717, 1.165) is 12.8 Å². The molecule has 0 bridgehead atoms. The van der Waals surface area contributed by atoms with Crippen molar-refractivity contribution in [2.75, 3.05) is 0 Å². The first kappa shape index (κ1) is 12.5. The Balaban J connectivity index is 2.56. The summed E-state index contributed by atoms with van der Waals surface area (Å²) in [5.41, 5.74) is 0.376. The minimum atomic E-state index is 0.0359. The summed E-state index contributed by atoms with van der Waals surface area (Å²) in [6, 6.07) is 0. The van der Waals surface area contributed by atoms with Crippen LogP contribution in [0.2, 0.25) is 0 Å². The topological polar surface area (TPSA) is 9.23 Å². The fraction of sp³-hybridized carbons (Fsp3) is 1.00. The van der Waals surface area contributed by atoms with Gasteiger partial charge in [0.15, 0.2) is 0 Å². The van der Waals surface area contributed by atoms with Gasteiger partial charge in [-0.2, -0.15) is 0 Å². The molecular formula is C12H23BrO. The second-order valence-electron chi connectivity index (χ2n) is 5.28. The maximum Gasteiger partial charge on any atom is 0.0657 e. The van der Waals surface area contributed by atoms with Crippen molar-refractivity contribution in [3.63, 3.8) is 0 Å². The van der Waals surface area contributed by atoms with Crippen LogP contribution in [-0.4, -0.2) is 16.5 Å². The third-order valence-corrected chi connectivity index (χ3v) is 5.37. The van der Waals surface area contributed by atoms with Gasteiger partial charge in [0, 0.05) is 10.2 Å². The molecule has 0 radical (unpaired) electrons. The molecule has 3 unspecified atom stereocenters. The molecule has 84 valence electrons. The zero-order chi connectivity index (χ0) is 11.0. The molecular weight excluding hydrogens is 240 g/mol. The Morgan fingerprint density at radius 2 is 2.00 bits per heavy atom. The summed E-state index contributed by atoms with van der Waals surface area (Å²) in [4.78, 5) is 0.637. The van der Waals surface area contributed by atoms with Crippen molar-refractivity contribution in [3.05, 3.63) is 0 Å². The van der Waals surface area contributed by atoms with Gasteiger partial charge in [0.05, 0.1) is 11.7 Å². The molecule has 1 fully saturated rings. The number of ether oxygens (including phenoxy) is 1. The quantitative estimate of drug-likeness (QED) is 0.692. The van der Waals surface area contributed by atoms with Crippen molar-refractivity contribution in [2.24, 2.45) is 5.41 Å². The summed E-state index contributed by atoms with van der Waals surface area (Å²) in [6.07, 6.45) is 3.86. The van der Waals surface area contributed by atoms with Gasteiger partial charge >= 0.3 is 0 Å². The zero-order valence-electron chi connectivity index (χ0n) is 10.1. The molecule has 1 aliphatic rings. The van der Waals surface area contributed by atoms with Crippen LogP contribution in [0.3, 0.4) is 0 Å². The third-order valence-electron chi connectivity index (χ3n) is 3.95. The summed E-state index contributed by atoms with van der Waals surface area (Å²) in [7, 11) is 0. The van der Waals surface area contributed by atoms with Gasteiger partial charge in [-0.1, -0.05) is 36.7 Å². The fourth-order valence-corrected chi connectivity index (χ4v) is 2.83. The van der Waals surface area contributed by atoms with Crippen molar-refractivity contribution >= 4 is 15.9 Å². The lowest BCUT2D eigenvalue weighted by atomic mass is 9.65. The molecule has 3 atom stereocenters. The van der Waals surface area contributed by atoms with Crippen LogP contribution in [-0.2, 0) is 4.74 Å². The molecule has 0 heterocycles. The Morgan fingerprint density at radius 3 is 2.36 bits per heavy atom. The van der Waals surface area contributed by atoms with Gasteiger partial charge < -0.3 is 4.74 Å². The van der Waals surface area contributed by atoms with Crippen LogP contribution in [0, 0.1) is 5.41 Å². The summed E-state index contributed by atoms with van der Waals surface area (Å²) in [6.45, 7) is 11.1. The number of rotatable bonds is 4. The van der Waals surface area contributed by atoms with Crippen molar-refractivity contribution in [2.45, 2.75) is 70.4 Å². The minimum Gasteiger partial charge on any atom is -0.372 e. The first-order valence-corrected chi connectivity index (χ1v) is 6.59. The summed E-state index contributed by atoms with van der Waals surface area (Å²) in [5, 5.41) is 0. The predicted molar refractivity (Wildman–Crippen MR) is 65.0 cm³/mol. The van der Waals surface area contributed by atoms with Gasteiger partial charge in [-0.3, -0.25) is 0 Å². The Hall–Kier alpha value is 0.440. The van der Waals surface area contributed by atoms with Crippen LogP contribution in [0.4, 0.5) is 0 Å². The molecule has 1 rings (SSSR count). The van der Waals surface area contributed by atoms with E-state index < -0.39 is 0 Å². The lowest BCUT2D eigenvalue weighted by Gasteiger charge is -2.53. The molecule has 0 amide bonds. The predicted octanol–water partition coefficient (Wildman–Crippen LogP) is 4.14. The average Bonchev–Trinajstić information content (AvgIpc) is 2.16. The molecule has 0 saturated heterocycles. The zero-order valence-corrected chi connectivity index (χ0v) is 11.6.